The summed E-state index contributed by atoms with van der Waals surface area (Å²) in [6, 6.07) is 13.3. The number of rotatable bonds is 2. The zero-order chi connectivity index (χ0) is 14.8. The highest BCUT2D eigenvalue weighted by atomic mass is 35.5. The van der Waals surface area contributed by atoms with Gasteiger partial charge in [0.2, 0.25) is 0 Å². The molecule has 3 rings (SSSR count). The summed E-state index contributed by atoms with van der Waals surface area (Å²) in [5.41, 5.74) is 2.67. The Morgan fingerprint density at radius 2 is 2.05 bits per heavy atom. The maximum atomic E-state index is 12.6. The largest absolute Gasteiger partial charge is 0.491 e. The summed E-state index contributed by atoms with van der Waals surface area (Å²) in [4.78, 5) is 14.4. The van der Waals surface area contributed by atoms with Crippen LogP contribution in [0.1, 0.15) is 21.5 Å². The van der Waals surface area contributed by atoms with Gasteiger partial charge in [0, 0.05) is 11.6 Å². The minimum Gasteiger partial charge on any atom is -0.491 e. The fourth-order valence-electron chi connectivity index (χ4n) is 2.44. The Morgan fingerprint density at radius 1 is 1.24 bits per heavy atom. The number of hydrogen-bond donors (Lipinski definition) is 0. The van der Waals surface area contributed by atoms with Gasteiger partial charge in [-0.2, -0.15) is 0 Å². The number of para-hydroxylation sites is 1. The average Bonchev–Trinajstić information content (AvgIpc) is 2.63. The van der Waals surface area contributed by atoms with E-state index in [1.165, 1.54) is 0 Å². The lowest BCUT2D eigenvalue weighted by Gasteiger charge is -2.20. The Hall–Kier alpha value is -2.00. The third kappa shape index (κ3) is 2.88. The van der Waals surface area contributed by atoms with Crippen molar-refractivity contribution in [3.05, 3.63) is 64.2 Å². The maximum Gasteiger partial charge on any atom is 0.258 e. The molecule has 108 valence electrons. The molecule has 21 heavy (non-hydrogen) atoms. The van der Waals surface area contributed by atoms with E-state index >= 15 is 0 Å². The molecule has 4 heteroatoms. The van der Waals surface area contributed by atoms with Crippen molar-refractivity contribution in [2.45, 2.75) is 13.5 Å². The van der Waals surface area contributed by atoms with Crippen molar-refractivity contribution in [1.29, 1.82) is 0 Å². The molecule has 1 aliphatic heterocycles. The highest BCUT2D eigenvalue weighted by molar-refractivity contribution is 6.31. The molecule has 0 spiro atoms. The molecule has 0 radical (unpaired) electrons. The third-order valence-electron chi connectivity index (χ3n) is 3.59. The SMILES string of the molecule is Cc1ccc(CN2CCOc3ccccc3C2=O)c(Cl)c1. The van der Waals surface area contributed by atoms with E-state index in [1.54, 1.807) is 11.0 Å². The van der Waals surface area contributed by atoms with E-state index in [1.807, 2.05) is 43.3 Å². The van der Waals surface area contributed by atoms with Crippen LogP contribution in [0.4, 0.5) is 0 Å². The number of ether oxygens (including phenoxy) is 1. The second-order valence-corrected chi connectivity index (χ2v) is 5.57. The van der Waals surface area contributed by atoms with E-state index in [0.29, 0.717) is 36.0 Å². The zero-order valence-electron chi connectivity index (χ0n) is 11.8. The van der Waals surface area contributed by atoms with Gasteiger partial charge in [-0.05, 0) is 36.2 Å². The first-order chi connectivity index (χ1) is 10.1. The second-order valence-electron chi connectivity index (χ2n) is 5.17. The summed E-state index contributed by atoms with van der Waals surface area (Å²) >= 11 is 6.27. The number of amides is 1. The van der Waals surface area contributed by atoms with Gasteiger partial charge in [-0.15, -0.1) is 0 Å². The molecule has 0 fully saturated rings. The van der Waals surface area contributed by atoms with E-state index in [4.69, 9.17) is 16.3 Å². The molecule has 0 unspecified atom stereocenters. The predicted octanol–water partition coefficient (Wildman–Crippen LogP) is 3.68. The molecule has 0 aliphatic carbocycles. The highest BCUT2D eigenvalue weighted by Gasteiger charge is 2.23. The topological polar surface area (TPSA) is 29.5 Å². The van der Waals surface area contributed by atoms with Gasteiger partial charge in [-0.25, -0.2) is 0 Å². The molecule has 0 N–H and O–H groups in total. The van der Waals surface area contributed by atoms with Crippen LogP contribution in [0.3, 0.4) is 0 Å². The van der Waals surface area contributed by atoms with Crippen molar-refractivity contribution < 1.29 is 9.53 Å². The smallest absolute Gasteiger partial charge is 0.258 e. The molecule has 0 bridgehead atoms. The Bertz CT molecular complexity index is 684. The molecular formula is C17H16ClNO2. The molecule has 2 aromatic carbocycles. The van der Waals surface area contributed by atoms with E-state index in [-0.39, 0.29) is 5.91 Å². The molecule has 3 nitrogen and oxygen atoms in total. The molecular weight excluding hydrogens is 286 g/mol. The van der Waals surface area contributed by atoms with Gasteiger partial charge in [-0.3, -0.25) is 4.79 Å². The van der Waals surface area contributed by atoms with Crippen LogP contribution in [0.2, 0.25) is 5.02 Å². The predicted molar refractivity (Wildman–Crippen MR) is 82.9 cm³/mol. The van der Waals surface area contributed by atoms with Crippen LogP contribution in [0.5, 0.6) is 5.75 Å². The van der Waals surface area contributed by atoms with Gasteiger partial charge in [0.1, 0.15) is 12.4 Å². The zero-order valence-corrected chi connectivity index (χ0v) is 12.6. The quantitative estimate of drug-likeness (QED) is 0.847. The lowest BCUT2D eigenvalue weighted by atomic mass is 10.1. The summed E-state index contributed by atoms with van der Waals surface area (Å²) in [7, 11) is 0. The third-order valence-corrected chi connectivity index (χ3v) is 3.95. The van der Waals surface area contributed by atoms with E-state index in [2.05, 4.69) is 0 Å². The van der Waals surface area contributed by atoms with Gasteiger partial charge in [-0.1, -0.05) is 35.9 Å². The van der Waals surface area contributed by atoms with E-state index < -0.39 is 0 Å². The van der Waals surface area contributed by atoms with Crippen LogP contribution in [-0.4, -0.2) is 24.0 Å². The molecule has 1 heterocycles. The fourth-order valence-corrected chi connectivity index (χ4v) is 2.74. The van der Waals surface area contributed by atoms with Gasteiger partial charge in [0.05, 0.1) is 12.1 Å². The van der Waals surface area contributed by atoms with Crippen molar-refractivity contribution in [1.82, 2.24) is 4.90 Å². The van der Waals surface area contributed by atoms with Crippen LogP contribution in [-0.2, 0) is 6.54 Å². The first-order valence-electron chi connectivity index (χ1n) is 6.91. The molecule has 1 aliphatic rings. The molecule has 0 atom stereocenters. The van der Waals surface area contributed by atoms with Crippen molar-refractivity contribution in [2.75, 3.05) is 13.2 Å². The highest BCUT2D eigenvalue weighted by Crippen LogP contribution is 2.25. The number of carbonyl (C=O) groups is 1. The fraction of sp³-hybridized carbons (Fsp3) is 0.235. The lowest BCUT2D eigenvalue weighted by molar-refractivity contribution is 0.0743. The monoisotopic (exact) mass is 301 g/mol. The van der Waals surface area contributed by atoms with Gasteiger partial charge >= 0.3 is 0 Å². The summed E-state index contributed by atoms with van der Waals surface area (Å²) in [5, 5.41) is 0.696. The number of hydrogen-bond acceptors (Lipinski definition) is 2. The van der Waals surface area contributed by atoms with Crippen LogP contribution in [0, 0.1) is 6.92 Å². The molecule has 0 saturated carbocycles. The maximum absolute atomic E-state index is 12.6. The number of nitrogens with zero attached hydrogens (tertiary/aromatic N) is 1. The minimum atomic E-state index is -0.0141. The summed E-state index contributed by atoms with van der Waals surface area (Å²) < 4.78 is 5.64. The lowest BCUT2D eigenvalue weighted by Crippen LogP contribution is -2.31. The van der Waals surface area contributed by atoms with Crippen LogP contribution in [0.15, 0.2) is 42.5 Å². The molecule has 1 amide bonds. The van der Waals surface area contributed by atoms with Crippen LogP contribution in [0.25, 0.3) is 0 Å². The van der Waals surface area contributed by atoms with Gasteiger partial charge < -0.3 is 9.64 Å². The van der Waals surface area contributed by atoms with Gasteiger partial charge in [0.15, 0.2) is 0 Å². The molecule has 0 aromatic heterocycles. The second kappa shape index (κ2) is 5.78. The Labute approximate surface area is 129 Å². The normalized spacial score (nSPS) is 14.4. The first-order valence-corrected chi connectivity index (χ1v) is 7.29. The summed E-state index contributed by atoms with van der Waals surface area (Å²) in [6.45, 7) is 3.54. The summed E-state index contributed by atoms with van der Waals surface area (Å²) in [5.74, 6) is 0.639. The number of halogens is 1. The number of carbonyl (C=O) groups excluding carboxylic acids is 1. The molecule has 2 aromatic rings. The van der Waals surface area contributed by atoms with Crippen molar-refractivity contribution in [3.63, 3.8) is 0 Å². The number of fused-ring (bicyclic) bond motifs is 1. The minimum absolute atomic E-state index is 0.0141. The van der Waals surface area contributed by atoms with E-state index in [9.17, 15) is 4.79 Å². The first kappa shape index (κ1) is 14.0. The number of aryl methyl sites for hydroxylation is 1. The standard InChI is InChI=1S/C17H16ClNO2/c1-12-6-7-13(15(18)10-12)11-19-8-9-21-16-5-3-2-4-14(16)17(19)20/h2-7,10H,8-9,11H2,1H3. The summed E-state index contributed by atoms with van der Waals surface area (Å²) in [6.07, 6.45) is 0. The molecule has 0 saturated heterocycles. The van der Waals surface area contributed by atoms with Crippen LogP contribution >= 0.6 is 11.6 Å². The Kier molecular flexibility index (Phi) is 3.84. The van der Waals surface area contributed by atoms with Crippen molar-refractivity contribution >= 4 is 17.5 Å². The average molecular weight is 302 g/mol. The van der Waals surface area contributed by atoms with Crippen molar-refractivity contribution in [2.24, 2.45) is 0 Å². The Balaban J connectivity index is 1.87. The van der Waals surface area contributed by atoms with E-state index in [0.717, 1.165) is 11.1 Å². The number of benzene rings is 2. The van der Waals surface area contributed by atoms with Crippen molar-refractivity contribution in [3.8, 4) is 5.75 Å². The Morgan fingerprint density at radius 3 is 2.86 bits per heavy atom. The van der Waals surface area contributed by atoms with Gasteiger partial charge in [0.25, 0.3) is 5.91 Å². The van der Waals surface area contributed by atoms with Crippen LogP contribution < -0.4 is 4.74 Å².